The molecule has 1 aromatic carbocycles. The monoisotopic (exact) mass is 341 g/mol. The van der Waals surface area contributed by atoms with Crippen molar-refractivity contribution in [3.8, 4) is 0 Å². The molecule has 1 fully saturated rings. The summed E-state index contributed by atoms with van der Waals surface area (Å²) in [6.07, 6.45) is 3.82. The molecular weight excluding hydrogens is 318 g/mol. The molecule has 25 heavy (non-hydrogen) atoms. The first-order valence-electron chi connectivity index (χ1n) is 8.78. The number of hydrogen-bond donors (Lipinski definition) is 1. The molecule has 3 rings (SSSR count). The first-order valence-corrected chi connectivity index (χ1v) is 8.78. The second-order valence-corrected chi connectivity index (χ2v) is 6.40. The molecule has 5 nitrogen and oxygen atoms in total. The highest BCUT2D eigenvalue weighted by molar-refractivity contribution is 5.87. The Morgan fingerprint density at radius 3 is 2.60 bits per heavy atom. The molecule has 0 spiro atoms. The van der Waals surface area contributed by atoms with Gasteiger partial charge in [0.25, 0.3) is 0 Å². The number of aromatic carboxylic acids is 1. The van der Waals surface area contributed by atoms with Gasteiger partial charge in [-0.2, -0.15) is 0 Å². The average Bonchev–Trinajstić information content (AvgIpc) is 3.28. The summed E-state index contributed by atoms with van der Waals surface area (Å²) in [5.41, 5.74) is 1.24. The standard InChI is InChI=1S/C20H23NO4/c1-2-16-10-11-18(25-16)17-4-3-13-21(17)19(22)12-7-14-5-8-15(9-6-14)20(23)24/h5-6,8-11,17H,2-4,7,12-13H2,1H3,(H,23,24). The van der Waals surface area contributed by atoms with Crippen molar-refractivity contribution in [2.24, 2.45) is 0 Å². The Labute approximate surface area is 147 Å². The fourth-order valence-electron chi connectivity index (χ4n) is 3.33. The van der Waals surface area contributed by atoms with Gasteiger partial charge in [0.1, 0.15) is 11.5 Å². The molecular formula is C20H23NO4. The number of carbonyl (C=O) groups excluding carboxylic acids is 1. The summed E-state index contributed by atoms with van der Waals surface area (Å²) in [6.45, 7) is 2.82. The van der Waals surface area contributed by atoms with Crippen molar-refractivity contribution in [2.45, 2.75) is 45.1 Å². The van der Waals surface area contributed by atoms with E-state index < -0.39 is 5.97 Å². The van der Waals surface area contributed by atoms with Gasteiger partial charge >= 0.3 is 5.97 Å². The van der Waals surface area contributed by atoms with Gasteiger partial charge in [-0.25, -0.2) is 4.79 Å². The third kappa shape index (κ3) is 3.92. The molecule has 0 radical (unpaired) electrons. The van der Waals surface area contributed by atoms with Crippen LogP contribution in [0.25, 0.3) is 0 Å². The van der Waals surface area contributed by atoms with Crippen molar-refractivity contribution >= 4 is 11.9 Å². The maximum atomic E-state index is 12.6. The Balaban J connectivity index is 1.60. The lowest BCUT2D eigenvalue weighted by atomic mass is 10.1. The van der Waals surface area contributed by atoms with Crippen LogP contribution in [0.4, 0.5) is 0 Å². The van der Waals surface area contributed by atoms with Gasteiger partial charge in [0.15, 0.2) is 0 Å². The quantitative estimate of drug-likeness (QED) is 0.867. The molecule has 1 aromatic heterocycles. The van der Waals surface area contributed by atoms with Crippen LogP contribution in [0, 0.1) is 0 Å². The normalized spacial score (nSPS) is 17.0. The molecule has 1 atom stereocenters. The topological polar surface area (TPSA) is 70.8 Å². The molecule has 1 saturated heterocycles. The number of hydrogen-bond acceptors (Lipinski definition) is 3. The molecule has 0 saturated carbocycles. The molecule has 1 aliphatic heterocycles. The number of carbonyl (C=O) groups is 2. The summed E-state index contributed by atoms with van der Waals surface area (Å²) in [5.74, 6) is 1.02. The number of furan rings is 1. The van der Waals surface area contributed by atoms with Crippen LogP contribution in [0.5, 0.6) is 0 Å². The molecule has 1 amide bonds. The van der Waals surface area contributed by atoms with E-state index in [0.29, 0.717) is 12.8 Å². The molecule has 1 unspecified atom stereocenters. The Hall–Kier alpha value is -2.56. The summed E-state index contributed by atoms with van der Waals surface area (Å²) in [4.78, 5) is 25.4. The van der Waals surface area contributed by atoms with Gasteiger partial charge in [0.05, 0.1) is 11.6 Å². The summed E-state index contributed by atoms with van der Waals surface area (Å²) >= 11 is 0. The molecule has 2 heterocycles. The number of nitrogens with zero attached hydrogens (tertiary/aromatic N) is 1. The van der Waals surface area contributed by atoms with Crippen molar-refractivity contribution in [1.29, 1.82) is 0 Å². The van der Waals surface area contributed by atoms with Crippen LogP contribution in [0.1, 0.15) is 59.7 Å². The van der Waals surface area contributed by atoms with Crippen molar-refractivity contribution in [3.05, 3.63) is 59.0 Å². The molecule has 132 valence electrons. The van der Waals surface area contributed by atoms with Gasteiger partial charge in [0, 0.05) is 19.4 Å². The fraction of sp³-hybridized carbons (Fsp3) is 0.400. The Bertz CT molecular complexity index is 747. The van der Waals surface area contributed by atoms with Gasteiger partial charge in [-0.15, -0.1) is 0 Å². The highest BCUT2D eigenvalue weighted by Gasteiger charge is 2.31. The van der Waals surface area contributed by atoms with Gasteiger partial charge < -0.3 is 14.4 Å². The molecule has 0 bridgehead atoms. The number of carboxylic acids is 1. The zero-order chi connectivity index (χ0) is 17.8. The van der Waals surface area contributed by atoms with Crippen LogP contribution in [0.15, 0.2) is 40.8 Å². The maximum Gasteiger partial charge on any atom is 0.335 e. The van der Waals surface area contributed by atoms with Crippen LogP contribution in [-0.4, -0.2) is 28.4 Å². The van der Waals surface area contributed by atoms with Crippen molar-refractivity contribution in [2.75, 3.05) is 6.54 Å². The van der Waals surface area contributed by atoms with Crippen molar-refractivity contribution in [1.82, 2.24) is 4.90 Å². The Kier molecular flexibility index (Phi) is 5.22. The average molecular weight is 341 g/mol. The highest BCUT2D eigenvalue weighted by Crippen LogP contribution is 2.33. The lowest BCUT2D eigenvalue weighted by Crippen LogP contribution is -2.30. The van der Waals surface area contributed by atoms with E-state index in [4.69, 9.17) is 9.52 Å². The summed E-state index contributed by atoms with van der Waals surface area (Å²) < 4.78 is 5.85. The first kappa shape index (κ1) is 17.3. The van der Waals surface area contributed by atoms with Crippen LogP contribution in [0.2, 0.25) is 0 Å². The van der Waals surface area contributed by atoms with Crippen molar-refractivity contribution < 1.29 is 19.1 Å². The molecule has 1 aliphatic rings. The fourth-order valence-corrected chi connectivity index (χ4v) is 3.33. The van der Waals surface area contributed by atoms with Crippen LogP contribution in [-0.2, 0) is 17.6 Å². The second kappa shape index (κ2) is 7.55. The number of likely N-dealkylation sites (tertiary alicyclic amines) is 1. The molecule has 2 aromatic rings. The van der Waals surface area contributed by atoms with Gasteiger partial charge in [-0.1, -0.05) is 19.1 Å². The summed E-state index contributed by atoms with van der Waals surface area (Å²) in [5, 5.41) is 8.92. The predicted octanol–water partition coefficient (Wildman–Crippen LogP) is 3.84. The van der Waals surface area contributed by atoms with E-state index in [-0.39, 0.29) is 17.5 Å². The van der Waals surface area contributed by atoms with Gasteiger partial charge in [-0.3, -0.25) is 4.79 Å². The third-order valence-electron chi connectivity index (χ3n) is 4.76. The second-order valence-electron chi connectivity index (χ2n) is 6.40. The number of carboxylic acid groups (broad SMARTS) is 1. The first-order chi connectivity index (χ1) is 12.1. The van der Waals surface area contributed by atoms with E-state index in [2.05, 4.69) is 6.92 Å². The predicted molar refractivity (Wildman–Crippen MR) is 93.5 cm³/mol. The van der Waals surface area contributed by atoms with Gasteiger partial charge in [-0.05, 0) is 49.1 Å². The van der Waals surface area contributed by atoms with Gasteiger partial charge in [0.2, 0.25) is 5.91 Å². The van der Waals surface area contributed by atoms with E-state index >= 15 is 0 Å². The van der Waals surface area contributed by atoms with Crippen LogP contribution >= 0.6 is 0 Å². The minimum atomic E-state index is -0.938. The minimum Gasteiger partial charge on any atom is -0.478 e. The van der Waals surface area contributed by atoms with E-state index in [0.717, 1.165) is 42.9 Å². The summed E-state index contributed by atoms with van der Waals surface area (Å²) in [6, 6.07) is 10.7. The lowest BCUT2D eigenvalue weighted by Gasteiger charge is -2.23. The highest BCUT2D eigenvalue weighted by atomic mass is 16.4. The smallest absolute Gasteiger partial charge is 0.335 e. The molecule has 1 N–H and O–H groups in total. The Morgan fingerprint density at radius 2 is 1.96 bits per heavy atom. The molecule has 0 aliphatic carbocycles. The largest absolute Gasteiger partial charge is 0.478 e. The zero-order valence-corrected chi connectivity index (χ0v) is 14.4. The van der Waals surface area contributed by atoms with E-state index in [1.807, 2.05) is 17.0 Å². The SMILES string of the molecule is CCc1ccc(C2CCCN2C(=O)CCc2ccc(C(=O)O)cc2)o1. The lowest BCUT2D eigenvalue weighted by molar-refractivity contribution is -0.132. The van der Waals surface area contributed by atoms with Crippen LogP contribution in [0.3, 0.4) is 0 Å². The van der Waals surface area contributed by atoms with Crippen LogP contribution < -0.4 is 0 Å². The number of aryl methyl sites for hydroxylation is 2. The zero-order valence-electron chi connectivity index (χ0n) is 14.4. The van der Waals surface area contributed by atoms with Crippen molar-refractivity contribution in [3.63, 3.8) is 0 Å². The number of amides is 1. The van der Waals surface area contributed by atoms with E-state index in [9.17, 15) is 9.59 Å². The van der Waals surface area contributed by atoms with E-state index in [1.54, 1.807) is 24.3 Å². The number of benzene rings is 1. The Morgan fingerprint density at radius 1 is 1.20 bits per heavy atom. The minimum absolute atomic E-state index is 0.0437. The maximum absolute atomic E-state index is 12.6. The summed E-state index contributed by atoms with van der Waals surface area (Å²) in [7, 11) is 0. The van der Waals surface area contributed by atoms with E-state index in [1.165, 1.54) is 0 Å². The molecule has 5 heteroatoms. The number of rotatable bonds is 6. The third-order valence-corrected chi connectivity index (χ3v) is 4.76.